The highest BCUT2D eigenvalue weighted by molar-refractivity contribution is 5.87. The van der Waals surface area contributed by atoms with Crippen molar-refractivity contribution in [3.8, 4) is 0 Å². The fourth-order valence-electron chi connectivity index (χ4n) is 4.11. The molecule has 1 N–H and O–H groups in total. The highest BCUT2D eigenvalue weighted by Gasteiger charge is 2.30. The number of aliphatic hydroxyl groups excluding tert-OH is 1. The molecule has 1 saturated heterocycles. The lowest BCUT2D eigenvalue weighted by molar-refractivity contribution is -0.158. The minimum Gasteiger partial charge on any atom is -0.463 e. The molecule has 2 aromatic rings. The maximum atomic E-state index is 13.0. The zero-order valence-electron chi connectivity index (χ0n) is 20.2. The Morgan fingerprint density at radius 3 is 2.67 bits per heavy atom. The molecule has 0 saturated carbocycles. The topological polar surface area (TPSA) is 70.1 Å². The van der Waals surface area contributed by atoms with Crippen molar-refractivity contribution in [1.82, 2.24) is 10.0 Å². The van der Waals surface area contributed by atoms with Crippen molar-refractivity contribution in [3.63, 3.8) is 0 Å². The molecule has 0 spiro atoms. The number of esters is 1. The van der Waals surface area contributed by atoms with E-state index < -0.39 is 23.8 Å². The van der Waals surface area contributed by atoms with Gasteiger partial charge in [0.25, 0.3) is 0 Å². The molecule has 0 radical (unpaired) electrons. The lowest BCUT2D eigenvalue weighted by Crippen LogP contribution is -2.50. The summed E-state index contributed by atoms with van der Waals surface area (Å²) in [6.45, 7) is 3.41. The maximum Gasteiger partial charge on any atom is 0.416 e. The molecule has 1 fully saturated rings. The van der Waals surface area contributed by atoms with Gasteiger partial charge in [-0.25, -0.2) is 9.80 Å². The van der Waals surface area contributed by atoms with Gasteiger partial charge in [0.1, 0.15) is 0 Å². The second kappa shape index (κ2) is 12.7. The average Bonchev–Trinajstić information content (AvgIpc) is 2.83. The van der Waals surface area contributed by atoms with Gasteiger partial charge in [-0.3, -0.25) is 9.80 Å². The van der Waals surface area contributed by atoms with Gasteiger partial charge in [0, 0.05) is 25.6 Å². The number of carbonyl (C=O) groups is 2. The molecule has 1 amide bonds. The summed E-state index contributed by atoms with van der Waals surface area (Å²) in [6, 6.07) is 12.4. The molecule has 1 aliphatic heterocycles. The van der Waals surface area contributed by atoms with Gasteiger partial charge in [-0.2, -0.15) is 13.2 Å². The van der Waals surface area contributed by atoms with Gasteiger partial charge in [-0.1, -0.05) is 36.4 Å². The van der Waals surface area contributed by atoms with Gasteiger partial charge >= 0.3 is 12.1 Å². The van der Waals surface area contributed by atoms with E-state index in [0.29, 0.717) is 51.1 Å². The summed E-state index contributed by atoms with van der Waals surface area (Å²) >= 11 is 0. The van der Waals surface area contributed by atoms with E-state index in [1.165, 1.54) is 12.1 Å². The average molecular weight is 505 g/mol. The number of amides is 1. The van der Waals surface area contributed by atoms with E-state index in [9.17, 15) is 27.9 Å². The molecular formula is C27H31F3N2O4. The number of hydrazine groups is 1. The van der Waals surface area contributed by atoms with Crippen LogP contribution >= 0.6 is 0 Å². The van der Waals surface area contributed by atoms with Crippen molar-refractivity contribution in [2.24, 2.45) is 0 Å². The van der Waals surface area contributed by atoms with Gasteiger partial charge in [0.05, 0.1) is 24.8 Å². The minimum absolute atomic E-state index is 0.0268. The standard InChI is InChI=1S/C27H31F3N2O4/c1-2-36-26(35)12-11-20-6-3-8-22(16-20)19-32-25(34)10-5-14-31(32)15-13-24(33)18-21-7-4-9-23(17-21)27(28,29)30/h3-4,6-9,11-12,16-17,24,33H,2,5,10,13-15,18-19H2,1H3. The molecule has 1 unspecified atom stereocenters. The van der Waals surface area contributed by atoms with Crippen LogP contribution in [0.25, 0.3) is 6.08 Å². The predicted octanol–water partition coefficient (Wildman–Crippen LogP) is 4.61. The number of nitrogens with zero attached hydrogens (tertiary/aromatic N) is 2. The van der Waals surface area contributed by atoms with E-state index in [4.69, 9.17) is 4.74 Å². The zero-order chi connectivity index (χ0) is 26.1. The molecule has 1 aliphatic rings. The maximum absolute atomic E-state index is 13.0. The molecule has 194 valence electrons. The van der Waals surface area contributed by atoms with E-state index >= 15 is 0 Å². The molecular weight excluding hydrogens is 473 g/mol. The third-order valence-corrected chi connectivity index (χ3v) is 5.86. The zero-order valence-corrected chi connectivity index (χ0v) is 20.2. The first-order chi connectivity index (χ1) is 17.2. The van der Waals surface area contributed by atoms with Gasteiger partial charge < -0.3 is 9.84 Å². The predicted molar refractivity (Wildman–Crippen MR) is 129 cm³/mol. The third kappa shape index (κ3) is 8.20. The van der Waals surface area contributed by atoms with E-state index in [0.717, 1.165) is 23.3 Å². The molecule has 9 heteroatoms. The lowest BCUT2D eigenvalue weighted by Gasteiger charge is -2.39. The van der Waals surface area contributed by atoms with Crippen LogP contribution in [0.3, 0.4) is 0 Å². The molecule has 0 aromatic heterocycles. The Balaban J connectivity index is 1.61. The Hall–Kier alpha value is -3.17. The van der Waals surface area contributed by atoms with Crippen LogP contribution in [0.4, 0.5) is 13.2 Å². The monoisotopic (exact) mass is 504 g/mol. The Kier molecular flexibility index (Phi) is 9.66. The van der Waals surface area contributed by atoms with Crippen LogP contribution in [-0.4, -0.2) is 52.8 Å². The van der Waals surface area contributed by atoms with E-state index in [1.54, 1.807) is 24.1 Å². The number of carbonyl (C=O) groups excluding carboxylic acids is 2. The van der Waals surface area contributed by atoms with Crippen molar-refractivity contribution in [2.45, 2.75) is 51.4 Å². The Morgan fingerprint density at radius 2 is 1.92 bits per heavy atom. The third-order valence-electron chi connectivity index (χ3n) is 5.86. The summed E-state index contributed by atoms with van der Waals surface area (Å²) in [5, 5.41) is 14.0. The SMILES string of the molecule is CCOC(=O)C=Cc1cccc(CN2C(=O)CCCN2CCC(O)Cc2cccc(C(F)(F)F)c2)c1. The van der Waals surface area contributed by atoms with Crippen LogP contribution in [0.1, 0.15) is 48.4 Å². The summed E-state index contributed by atoms with van der Waals surface area (Å²) in [7, 11) is 0. The molecule has 1 heterocycles. The van der Waals surface area contributed by atoms with Gasteiger partial charge in [0.2, 0.25) is 5.91 Å². The Morgan fingerprint density at radius 1 is 1.17 bits per heavy atom. The second-order valence-corrected chi connectivity index (χ2v) is 8.68. The van der Waals surface area contributed by atoms with Crippen molar-refractivity contribution in [3.05, 3.63) is 76.9 Å². The fourth-order valence-corrected chi connectivity index (χ4v) is 4.11. The van der Waals surface area contributed by atoms with Gasteiger partial charge in [-0.05, 0) is 61.1 Å². The number of benzene rings is 2. The highest BCUT2D eigenvalue weighted by atomic mass is 19.4. The van der Waals surface area contributed by atoms with Crippen LogP contribution in [0.5, 0.6) is 0 Å². The normalized spacial score (nSPS) is 15.9. The number of hydrogen-bond donors (Lipinski definition) is 1. The summed E-state index contributed by atoms with van der Waals surface area (Å²) in [6.07, 6.45) is -0.741. The fraction of sp³-hybridized carbons (Fsp3) is 0.407. The number of ether oxygens (including phenoxy) is 1. The molecule has 1 atom stereocenters. The summed E-state index contributed by atoms with van der Waals surface area (Å²) in [5.41, 5.74) is 1.36. The van der Waals surface area contributed by atoms with Crippen LogP contribution in [0.2, 0.25) is 0 Å². The van der Waals surface area contributed by atoms with Crippen molar-refractivity contribution in [2.75, 3.05) is 19.7 Å². The minimum atomic E-state index is -4.43. The van der Waals surface area contributed by atoms with Crippen LogP contribution < -0.4 is 0 Å². The summed E-state index contributed by atoms with van der Waals surface area (Å²) < 4.78 is 43.8. The lowest BCUT2D eigenvalue weighted by atomic mass is 10.0. The molecule has 3 rings (SSSR count). The molecule has 6 nitrogen and oxygen atoms in total. The number of aliphatic hydroxyl groups is 1. The quantitative estimate of drug-likeness (QED) is 0.378. The second-order valence-electron chi connectivity index (χ2n) is 8.68. The first-order valence-corrected chi connectivity index (χ1v) is 12.0. The van der Waals surface area contributed by atoms with Gasteiger partial charge in [-0.15, -0.1) is 0 Å². The highest BCUT2D eigenvalue weighted by Crippen LogP contribution is 2.30. The van der Waals surface area contributed by atoms with E-state index in [2.05, 4.69) is 0 Å². The van der Waals surface area contributed by atoms with Crippen LogP contribution in [0.15, 0.2) is 54.6 Å². The first kappa shape index (κ1) is 27.4. The Labute approximate surface area is 208 Å². The molecule has 0 bridgehead atoms. The smallest absolute Gasteiger partial charge is 0.416 e. The Bertz CT molecular complexity index is 1070. The van der Waals surface area contributed by atoms with Crippen molar-refractivity contribution >= 4 is 18.0 Å². The van der Waals surface area contributed by atoms with Crippen molar-refractivity contribution in [1.29, 1.82) is 0 Å². The first-order valence-electron chi connectivity index (χ1n) is 12.0. The van der Waals surface area contributed by atoms with Crippen LogP contribution in [-0.2, 0) is 33.5 Å². The number of rotatable bonds is 10. The summed E-state index contributed by atoms with van der Waals surface area (Å²) in [4.78, 5) is 24.3. The number of hydrogen-bond acceptors (Lipinski definition) is 5. The molecule has 2 aromatic carbocycles. The number of halogens is 3. The van der Waals surface area contributed by atoms with Gasteiger partial charge in [0.15, 0.2) is 0 Å². The molecule has 36 heavy (non-hydrogen) atoms. The summed E-state index contributed by atoms with van der Waals surface area (Å²) in [5.74, 6) is -0.454. The van der Waals surface area contributed by atoms with E-state index in [-0.39, 0.29) is 12.3 Å². The van der Waals surface area contributed by atoms with Crippen molar-refractivity contribution < 1.29 is 32.6 Å². The van der Waals surface area contributed by atoms with Crippen LogP contribution in [0, 0.1) is 0 Å². The largest absolute Gasteiger partial charge is 0.463 e. The number of alkyl halides is 3. The molecule has 0 aliphatic carbocycles. The van der Waals surface area contributed by atoms with E-state index in [1.807, 2.05) is 29.3 Å².